The van der Waals surface area contributed by atoms with Crippen LogP contribution in [0.2, 0.25) is 0 Å². The zero-order valence-electron chi connectivity index (χ0n) is 11.0. The Morgan fingerprint density at radius 3 is 2.47 bits per heavy atom. The highest BCUT2D eigenvalue weighted by molar-refractivity contribution is 9.10. The maximum absolute atomic E-state index is 5.69. The Balaban J connectivity index is 2.04. The summed E-state index contributed by atoms with van der Waals surface area (Å²) < 4.78 is 12.2. The zero-order chi connectivity index (χ0) is 13.7. The normalized spacial score (nSPS) is 10.3. The van der Waals surface area contributed by atoms with Gasteiger partial charge in [-0.05, 0) is 59.1 Å². The molecule has 0 aliphatic rings. The molecule has 0 radical (unpaired) electrons. The van der Waals surface area contributed by atoms with Gasteiger partial charge in [-0.2, -0.15) is 0 Å². The molecule has 0 saturated carbocycles. The molecule has 19 heavy (non-hydrogen) atoms. The molecular formula is C15H16BrNO2. The van der Waals surface area contributed by atoms with Crippen LogP contribution in [0.3, 0.4) is 0 Å². The van der Waals surface area contributed by atoms with Crippen LogP contribution in [0.5, 0.6) is 17.4 Å². The molecule has 0 aliphatic heterocycles. The van der Waals surface area contributed by atoms with Gasteiger partial charge in [-0.3, -0.25) is 0 Å². The lowest BCUT2D eigenvalue weighted by Crippen LogP contribution is -1.94. The molecule has 1 aromatic carbocycles. The number of hydrogen-bond donors (Lipinski definition) is 0. The molecule has 0 amide bonds. The molecule has 0 saturated heterocycles. The number of rotatable bonds is 5. The van der Waals surface area contributed by atoms with Crippen molar-refractivity contribution < 1.29 is 9.47 Å². The summed E-state index contributed by atoms with van der Waals surface area (Å²) in [4.78, 5) is 4.21. The molecule has 0 bridgehead atoms. The van der Waals surface area contributed by atoms with Crippen molar-refractivity contribution in [1.82, 2.24) is 4.98 Å². The van der Waals surface area contributed by atoms with Crippen LogP contribution < -0.4 is 9.47 Å². The van der Waals surface area contributed by atoms with Crippen LogP contribution in [-0.2, 0) is 0 Å². The second-order valence-corrected chi connectivity index (χ2v) is 5.05. The highest BCUT2D eigenvalue weighted by Crippen LogP contribution is 2.25. The Morgan fingerprint density at radius 2 is 1.84 bits per heavy atom. The van der Waals surface area contributed by atoms with Gasteiger partial charge in [0.1, 0.15) is 11.5 Å². The second-order valence-electron chi connectivity index (χ2n) is 4.19. The van der Waals surface area contributed by atoms with Crippen molar-refractivity contribution >= 4 is 15.9 Å². The summed E-state index contributed by atoms with van der Waals surface area (Å²) in [7, 11) is 0. The van der Waals surface area contributed by atoms with E-state index in [-0.39, 0.29) is 0 Å². The number of nitrogens with zero attached hydrogens (tertiary/aromatic N) is 1. The van der Waals surface area contributed by atoms with Crippen molar-refractivity contribution in [2.45, 2.75) is 20.3 Å². The van der Waals surface area contributed by atoms with E-state index in [1.54, 1.807) is 6.20 Å². The van der Waals surface area contributed by atoms with Gasteiger partial charge in [-0.15, -0.1) is 0 Å². The molecule has 0 spiro atoms. The van der Waals surface area contributed by atoms with E-state index in [0.717, 1.165) is 34.6 Å². The average molecular weight is 322 g/mol. The van der Waals surface area contributed by atoms with Crippen molar-refractivity contribution in [3.63, 3.8) is 0 Å². The monoisotopic (exact) mass is 321 g/mol. The fourth-order valence-corrected chi connectivity index (χ4v) is 1.73. The summed E-state index contributed by atoms with van der Waals surface area (Å²) in [6.07, 6.45) is 2.74. The van der Waals surface area contributed by atoms with E-state index < -0.39 is 0 Å². The van der Waals surface area contributed by atoms with Crippen LogP contribution in [0, 0.1) is 6.92 Å². The second kappa shape index (κ2) is 6.57. The smallest absolute Gasteiger partial charge is 0.219 e. The first-order valence-electron chi connectivity index (χ1n) is 6.22. The lowest BCUT2D eigenvalue weighted by Gasteiger charge is -2.08. The number of pyridine rings is 1. The SMILES string of the molecule is CCCOc1ccc(Oc2cc(C)c(Br)cn2)cc1. The van der Waals surface area contributed by atoms with Gasteiger partial charge >= 0.3 is 0 Å². The first kappa shape index (κ1) is 13.9. The highest BCUT2D eigenvalue weighted by atomic mass is 79.9. The largest absolute Gasteiger partial charge is 0.494 e. The summed E-state index contributed by atoms with van der Waals surface area (Å²) in [5, 5.41) is 0. The average Bonchev–Trinajstić information content (AvgIpc) is 2.42. The summed E-state index contributed by atoms with van der Waals surface area (Å²) >= 11 is 3.41. The fraction of sp³-hybridized carbons (Fsp3) is 0.267. The van der Waals surface area contributed by atoms with Crippen molar-refractivity contribution in [1.29, 1.82) is 0 Å². The third-order valence-electron chi connectivity index (χ3n) is 2.54. The maximum atomic E-state index is 5.69. The summed E-state index contributed by atoms with van der Waals surface area (Å²) in [5.41, 5.74) is 1.09. The fourth-order valence-electron chi connectivity index (χ4n) is 1.51. The summed E-state index contributed by atoms with van der Waals surface area (Å²) in [6.45, 7) is 4.81. The van der Waals surface area contributed by atoms with Gasteiger partial charge in [0.2, 0.25) is 5.88 Å². The number of halogens is 1. The van der Waals surface area contributed by atoms with Gasteiger partial charge in [0, 0.05) is 16.7 Å². The molecule has 4 heteroatoms. The molecule has 1 heterocycles. The molecule has 0 unspecified atom stereocenters. The Labute approximate surface area is 121 Å². The molecule has 1 aromatic heterocycles. The minimum absolute atomic E-state index is 0.586. The van der Waals surface area contributed by atoms with Crippen molar-refractivity contribution in [3.8, 4) is 17.4 Å². The van der Waals surface area contributed by atoms with E-state index in [2.05, 4.69) is 27.8 Å². The standard InChI is InChI=1S/C15H16BrNO2/c1-3-8-18-12-4-6-13(7-5-12)19-15-9-11(2)14(16)10-17-15/h4-7,9-10H,3,8H2,1-2H3. The first-order valence-corrected chi connectivity index (χ1v) is 7.01. The minimum atomic E-state index is 0.586. The Bertz CT molecular complexity index is 540. The maximum Gasteiger partial charge on any atom is 0.219 e. The van der Waals surface area contributed by atoms with Gasteiger partial charge in [-0.25, -0.2) is 4.98 Å². The predicted molar refractivity (Wildman–Crippen MR) is 79.0 cm³/mol. The molecule has 2 aromatic rings. The number of aromatic nitrogens is 1. The molecular weight excluding hydrogens is 306 g/mol. The van der Waals surface area contributed by atoms with E-state index in [9.17, 15) is 0 Å². The lowest BCUT2D eigenvalue weighted by molar-refractivity contribution is 0.317. The summed E-state index contributed by atoms with van der Waals surface area (Å²) in [5.74, 6) is 2.19. The van der Waals surface area contributed by atoms with Crippen LogP contribution in [0.15, 0.2) is 41.0 Å². The van der Waals surface area contributed by atoms with E-state index in [0.29, 0.717) is 5.88 Å². The van der Waals surface area contributed by atoms with Crippen LogP contribution >= 0.6 is 15.9 Å². The Hall–Kier alpha value is -1.55. The number of ether oxygens (including phenoxy) is 2. The van der Waals surface area contributed by atoms with Crippen molar-refractivity contribution in [3.05, 3.63) is 46.6 Å². The number of hydrogen-bond acceptors (Lipinski definition) is 3. The molecule has 2 rings (SSSR count). The first-order chi connectivity index (χ1) is 9.19. The van der Waals surface area contributed by atoms with Crippen LogP contribution in [0.4, 0.5) is 0 Å². The molecule has 0 atom stereocenters. The van der Waals surface area contributed by atoms with Crippen molar-refractivity contribution in [2.75, 3.05) is 6.61 Å². The van der Waals surface area contributed by atoms with Gasteiger partial charge in [0.15, 0.2) is 0 Å². The van der Waals surface area contributed by atoms with Gasteiger partial charge in [0.25, 0.3) is 0 Å². The van der Waals surface area contributed by atoms with Gasteiger partial charge < -0.3 is 9.47 Å². The van der Waals surface area contributed by atoms with E-state index >= 15 is 0 Å². The van der Waals surface area contributed by atoms with Gasteiger partial charge in [-0.1, -0.05) is 6.92 Å². The Morgan fingerprint density at radius 1 is 1.16 bits per heavy atom. The minimum Gasteiger partial charge on any atom is -0.494 e. The molecule has 0 aliphatic carbocycles. The van der Waals surface area contributed by atoms with Gasteiger partial charge in [0.05, 0.1) is 6.61 Å². The van der Waals surface area contributed by atoms with Crippen LogP contribution in [-0.4, -0.2) is 11.6 Å². The lowest BCUT2D eigenvalue weighted by atomic mass is 10.3. The quantitative estimate of drug-likeness (QED) is 0.797. The molecule has 0 fully saturated rings. The Kier molecular flexibility index (Phi) is 4.80. The van der Waals surface area contributed by atoms with E-state index in [4.69, 9.17) is 9.47 Å². The number of benzene rings is 1. The predicted octanol–water partition coefficient (Wildman–Crippen LogP) is 4.73. The molecule has 0 N–H and O–H groups in total. The third-order valence-corrected chi connectivity index (χ3v) is 3.37. The zero-order valence-corrected chi connectivity index (χ0v) is 12.6. The van der Waals surface area contributed by atoms with Crippen LogP contribution in [0.25, 0.3) is 0 Å². The van der Waals surface area contributed by atoms with E-state index in [1.165, 1.54) is 0 Å². The molecule has 3 nitrogen and oxygen atoms in total. The topological polar surface area (TPSA) is 31.4 Å². The van der Waals surface area contributed by atoms with Crippen LogP contribution in [0.1, 0.15) is 18.9 Å². The summed E-state index contributed by atoms with van der Waals surface area (Å²) in [6, 6.07) is 9.45. The number of aryl methyl sites for hydroxylation is 1. The molecule has 100 valence electrons. The third kappa shape index (κ3) is 3.96. The highest BCUT2D eigenvalue weighted by Gasteiger charge is 2.02. The van der Waals surface area contributed by atoms with E-state index in [1.807, 2.05) is 37.3 Å². The van der Waals surface area contributed by atoms with Crippen molar-refractivity contribution in [2.24, 2.45) is 0 Å².